The van der Waals surface area contributed by atoms with Crippen LogP contribution in [0.3, 0.4) is 0 Å². The van der Waals surface area contributed by atoms with Gasteiger partial charge in [0.2, 0.25) is 5.91 Å². The van der Waals surface area contributed by atoms with E-state index >= 15 is 0 Å². The second kappa shape index (κ2) is 7.44. The van der Waals surface area contributed by atoms with Gasteiger partial charge >= 0.3 is 0 Å². The van der Waals surface area contributed by atoms with Crippen molar-refractivity contribution in [1.82, 2.24) is 15.3 Å². The second-order valence-electron chi connectivity index (χ2n) is 6.54. The Bertz CT molecular complexity index is 1190. The number of pyridine rings is 2. The van der Waals surface area contributed by atoms with Gasteiger partial charge < -0.3 is 11.1 Å². The van der Waals surface area contributed by atoms with Gasteiger partial charge in [-0.3, -0.25) is 19.6 Å². The van der Waals surface area contributed by atoms with Crippen molar-refractivity contribution in [3.63, 3.8) is 0 Å². The van der Waals surface area contributed by atoms with E-state index in [0.717, 1.165) is 21.8 Å². The van der Waals surface area contributed by atoms with Gasteiger partial charge in [0.1, 0.15) is 6.04 Å². The molecule has 0 fully saturated rings. The molecule has 0 radical (unpaired) electrons. The molecule has 0 aliphatic carbocycles. The van der Waals surface area contributed by atoms with Gasteiger partial charge in [0.15, 0.2) is 0 Å². The first-order valence-corrected chi connectivity index (χ1v) is 8.90. The number of hydrogen-bond acceptors (Lipinski definition) is 4. The predicted octanol–water partition coefficient (Wildman–Crippen LogP) is 2.61. The van der Waals surface area contributed by atoms with Crippen LogP contribution >= 0.6 is 0 Å². The molecule has 0 aliphatic rings. The van der Waals surface area contributed by atoms with E-state index in [4.69, 9.17) is 5.73 Å². The average molecular weight is 370 g/mol. The molecule has 0 bridgehead atoms. The third-order valence-electron chi connectivity index (χ3n) is 4.57. The number of para-hydroxylation sites is 2. The summed E-state index contributed by atoms with van der Waals surface area (Å²) in [5.41, 5.74) is 8.19. The Morgan fingerprint density at radius 3 is 2.43 bits per heavy atom. The normalized spacial score (nSPS) is 12.0. The van der Waals surface area contributed by atoms with Crippen LogP contribution in [0.4, 0.5) is 0 Å². The number of hydrogen-bond donors (Lipinski definition) is 2. The van der Waals surface area contributed by atoms with Crippen LogP contribution < -0.4 is 11.1 Å². The Kier molecular flexibility index (Phi) is 4.68. The van der Waals surface area contributed by atoms with Gasteiger partial charge in [-0.1, -0.05) is 42.5 Å². The Labute approximate surface area is 161 Å². The second-order valence-corrected chi connectivity index (χ2v) is 6.54. The summed E-state index contributed by atoms with van der Waals surface area (Å²) >= 11 is 0. The van der Waals surface area contributed by atoms with Crippen LogP contribution in [0.5, 0.6) is 0 Å². The SMILES string of the molecule is NC(=O)[C@H](Cc1ccc2ccccc2n1)NC(=O)c1cnc2ccccc2c1. The molecule has 6 heteroatoms. The van der Waals surface area contributed by atoms with Gasteiger partial charge in [-0.05, 0) is 24.3 Å². The van der Waals surface area contributed by atoms with Crippen LogP contribution in [0.1, 0.15) is 16.1 Å². The summed E-state index contributed by atoms with van der Waals surface area (Å²) in [6.45, 7) is 0. The molecule has 4 aromatic rings. The molecule has 0 unspecified atom stereocenters. The van der Waals surface area contributed by atoms with Gasteiger partial charge in [-0.2, -0.15) is 0 Å². The molecule has 2 aromatic carbocycles. The number of benzene rings is 2. The minimum atomic E-state index is -0.868. The van der Waals surface area contributed by atoms with Gasteiger partial charge in [0.25, 0.3) is 5.91 Å². The summed E-state index contributed by atoms with van der Waals surface area (Å²) < 4.78 is 0. The summed E-state index contributed by atoms with van der Waals surface area (Å²) in [7, 11) is 0. The van der Waals surface area contributed by atoms with E-state index in [-0.39, 0.29) is 6.42 Å². The lowest BCUT2D eigenvalue weighted by atomic mass is 10.1. The van der Waals surface area contributed by atoms with E-state index in [9.17, 15) is 9.59 Å². The van der Waals surface area contributed by atoms with Crippen LogP contribution in [0.2, 0.25) is 0 Å². The molecule has 138 valence electrons. The first-order chi connectivity index (χ1) is 13.6. The van der Waals surface area contributed by atoms with Crippen LogP contribution in [0, 0.1) is 0 Å². The number of nitrogens with zero attached hydrogens (tertiary/aromatic N) is 2. The topological polar surface area (TPSA) is 98.0 Å². The fourth-order valence-electron chi connectivity index (χ4n) is 3.09. The zero-order valence-electron chi connectivity index (χ0n) is 15.0. The monoisotopic (exact) mass is 370 g/mol. The Hall–Kier alpha value is -3.80. The molecule has 0 saturated heterocycles. The molecule has 0 saturated carbocycles. The number of carbonyl (C=O) groups is 2. The van der Waals surface area contributed by atoms with Crippen LogP contribution in [0.25, 0.3) is 21.8 Å². The van der Waals surface area contributed by atoms with Crippen molar-refractivity contribution in [2.24, 2.45) is 5.73 Å². The molecular formula is C22H18N4O2. The minimum absolute atomic E-state index is 0.215. The predicted molar refractivity (Wildman–Crippen MR) is 108 cm³/mol. The first-order valence-electron chi connectivity index (χ1n) is 8.90. The van der Waals surface area contributed by atoms with Crippen molar-refractivity contribution in [2.75, 3.05) is 0 Å². The maximum atomic E-state index is 12.6. The molecule has 2 amide bonds. The maximum absolute atomic E-state index is 12.6. The molecule has 3 N–H and O–H groups in total. The summed E-state index contributed by atoms with van der Waals surface area (Å²) in [6.07, 6.45) is 1.71. The molecule has 2 heterocycles. The average Bonchev–Trinajstić information content (AvgIpc) is 2.72. The highest BCUT2D eigenvalue weighted by molar-refractivity contribution is 5.99. The zero-order valence-corrected chi connectivity index (χ0v) is 15.0. The lowest BCUT2D eigenvalue weighted by Crippen LogP contribution is -2.46. The Balaban J connectivity index is 1.55. The van der Waals surface area contributed by atoms with Gasteiger partial charge in [0.05, 0.1) is 16.6 Å². The smallest absolute Gasteiger partial charge is 0.253 e. The van der Waals surface area contributed by atoms with E-state index in [0.29, 0.717) is 11.3 Å². The van der Waals surface area contributed by atoms with Crippen LogP contribution in [0.15, 0.2) is 72.9 Å². The highest BCUT2D eigenvalue weighted by Crippen LogP contribution is 2.14. The lowest BCUT2D eigenvalue weighted by molar-refractivity contribution is -0.119. The van der Waals surface area contributed by atoms with Crippen molar-refractivity contribution in [2.45, 2.75) is 12.5 Å². The van der Waals surface area contributed by atoms with Crippen molar-refractivity contribution < 1.29 is 9.59 Å². The van der Waals surface area contributed by atoms with Crippen molar-refractivity contribution in [1.29, 1.82) is 0 Å². The number of aromatic nitrogens is 2. The molecular weight excluding hydrogens is 352 g/mol. The van der Waals surface area contributed by atoms with Gasteiger partial charge in [0, 0.05) is 29.1 Å². The molecule has 28 heavy (non-hydrogen) atoms. The molecule has 2 aromatic heterocycles. The number of carbonyl (C=O) groups excluding carboxylic acids is 2. The summed E-state index contributed by atoms with van der Waals surface area (Å²) in [4.78, 5) is 33.4. The lowest BCUT2D eigenvalue weighted by Gasteiger charge is -2.15. The molecule has 0 spiro atoms. The van der Waals surface area contributed by atoms with E-state index in [1.54, 1.807) is 6.07 Å². The largest absolute Gasteiger partial charge is 0.368 e. The highest BCUT2D eigenvalue weighted by atomic mass is 16.2. The van der Waals surface area contributed by atoms with Crippen molar-refractivity contribution in [3.05, 3.63) is 84.2 Å². The van der Waals surface area contributed by atoms with Crippen molar-refractivity contribution in [3.8, 4) is 0 Å². The molecule has 6 nitrogen and oxygen atoms in total. The van der Waals surface area contributed by atoms with E-state index in [1.807, 2.05) is 60.7 Å². The van der Waals surface area contributed by atoms with Gasteiger partial charge in [-0.15, -0.1) is 0 Å². The van der Waals surface area contributed by atoms with E-state index in [2.05, 4.69) is 15.3 Å². The molecule has 4 rings (SSSR count). The first kappa shape index (κ1) is 17.6. The quantitative estimate of drug-likeness (QED) is 0.564. The fourth-order valence-corrected chi connectivity index (χ4v) is 3.09. The summed E-state index contributed by atoms with van der Waals surface area (Å²) in [5.74, 6) is -1.01. The van der Waals surface area contributed by atoms with Gasteiger partial charge in [-0.25, -0.2) is 0 Å². The third kappa shape index (κ3) is 3.66. The highest BCUT2D eigenvalue weighted by Gasteiger charge is 2.20. The molecule has 0 aliphatic heterocycles. The number of rotatable bonds is 5. The zero-order chi connectivity index (χ0) is 19.5. The van der Waals surface area contributed by atoms with Crippen LogP contribution in [-0.2, 0) is 11.2 Å². The number of nitrogens with one attached hydrogen (secondary N) is 1. The number of nitrogens with two attached hydrogens (primary N) is 1. The van der Waals surface area contributed by atoms with Crippen molar-refractivity contribution >= 4 is 33.6 Å². The Morgan fingerprint density at radius 2 is 1.64 bits per heavy atom. The van der Waals surface area contributed by atoms with Crippen LogP contribution in [-0.4, -0.2) is 27.8 Å². The minimum Gasteiger partial charge on any atom is -0.368 e. The van der Waals surface area contributed by atoms with E-state index < -0.39 is 17.9 Å². The standard InChI is InChI=1S/C22H18N4O2/c23-21(27)20(12-17-10-9-14-5-1-4-8-19(14)25-17)26-22(28)16-11-15-6-2-3-7-18(15)24-13-16/h1-11,13,20H,12H2,(H2,23,27)(H,26,28)/t20-/m0/s1. The fraction of sp³-hybridized carbons (Fsp3) is 0.0909. The third-order valence-corrected chi connectivity index (χ3v) is 4.57. The maximum Gasteiger partial charge on any atom is 0.253 e. The summed E-state index contributed by atoms with van der Waals surface area (Å²) in [6, 6.07) is 19.9. The number of fused-ring (bicyclic) bond motifs is 2. The number of primary amides is 1. The number of amides is 2. The summed E-state index contributed by atoms with van der Waals surface area (Å²) in [5, 5.41) is 4.56. The van der Waals surface area contributed by atoms with E-state index in [1.165, 1.54) is 6.20 Å². The Morgan fingerprint density at radius 1 is 0.929 bits per heavy atom. The molecule has 1 atom stereocenters.